The van der Waals surface area contributed by atoms with Crippen LogP contribution in [-0.4, -0.2) is 51.4 Å². The number of urea groups is 1. The fourth-order valence-corrected chi connectivity index (χ4v) is 3.73. The maximum absolute atomic E-state index is 12.2. The molecule has 0 unspecified atom stereocenters. The van der Waals surface area contributed by atoms with Gasteiger partial charge in [-0.25, -0.2) is 14.3 Å². The summed E-state index contributed by atoms with van der Waals surface area (Å²) in [6, 6.07) is 14.9. The monoisotopic (exact) mass is 429 g/mol. The highest BCUT2D eigenvalue weighted by Crippen LogP contribution is 2.27. The zero-order valence-corrected chi connectivity index (χ0v) is 17.6. The second-order valence-corrected chi connectivity index (χ2v) is 7.61. The number of nitrogens with one attached hydrogen (secondary N) is 2. The van der Waals surface area contributed by atoms with E-state index in [2.05, 4.69) is 32.5 Å². The van der Waals surface area contributed by atoms with Crippen molar-refractivity contribution in [3.8, 4) is 11.4 Å². The molecular formula is C23H23N7O2. The summed E-state index contributed by atoms with van der Waals surface area (Å²) in [7, 11) is 0. The minimum Gasteiger partial charge on any atom is -0.377 e. The molecule has 0 spiro atoms. The molecule has 2 N–H and O–H groups in total. The molecule has 9 heteroatoms. The Bertz CT molecular complexity index is 1220. The highest BCUT2D eigenvalue weighted by Gasteiger charge is 2.23. The Kier molecular flexibility index (Phi) is 5.39. The van der Waals surface area contributed by atoms with Crippen molar-refractivity contribution in [2.24, 2.45) is 0 Å². The lowest BCUT2D eigenvalue weighted by atomic mass is 10.2. The molecule has 1 aliphatic heterocycles. The Morgan fingerprint density at radius 1 is 1.09 bits per heavy atom. The van der Waals surface area contributed by atoms with E-state index in [0.717, 1.165) is 23.4 Å². The van der Waals surface area contributed by atoms with Crippen LogP contribution in [0, 0.1) is 0 Å². The van der Waals surface area contributed by atoms with Crippen LogP contribution in [0.4, 0.5) is 22.0 Å². The van der Waals surface area contributed by atoms with Crippen LogP contribution in [0.3, 0.4) is 0 Å². The van der Waals surface area contributed by atoms with E-state index in [1.807, 2.05) is 47.1 Å². The topological polar surface area (TPSA) is 96.7 Å². The van der Waals surface area contributed by atoms with Crippen LogP contribution in [0.15, 0.2) is 67.1 Å². The molecule has 9 nitrogen and oxygen atoms in total. The van der Waals surface area contributed by atoms with E-state index >= 15 is 0 Å². The Balaban J connectivity index is 1.38. The van der Waals surface area contributed by atoms with Crippen LogP contribution >= 0.6 is 0 Å². The van der Waals surface area contributed by atoms with Crippen molar-refractivity contribution < 1.29 is 9.53 Å². The van der Waals surface area contributed by atoms with E-state index in [0.29, 0.717) is 30.4 Å². The largest absolute Gasteiger partial charge is 0.377 e. The first-order valence-electron chi connectivity index (χ1n) is 10.5. The molecule has 162 valence electrons. The first-order valence-corrected chi connectivity index (χ1v) is 10.5. The number of amides is 2. The number of aromatic nitrogens is 4. The number of carbonyl (C=O) groups is 1. The van der Waals surface area contributed by atoms with Gasteiger partial charge in [0.15, 0.2) is 11.6 Å². The number of ether oxygens (including phenoxy) is 1. The molecule has 2 amide bonds. The summed E-state index contributed by atoms with van der Waals surface area (Å²) in [6.07, 6.45) is 5.16. The first-order chi connectivity index (χ1) is 15.7. The molecular weight excluding hydrogens is 406 g/mol. The summed E-state index contributed by atoms with van der Waals surface area (Å²) >= 11 is 0. The lowest BCUT2D eigenvalue weighted by Crippen LogP contribution is -2.44. The number of pyridine rings is 1. The van der Waals surface area contributed by atoms with Crippen molar-refractivity contribution in [2.75, 3.05) is 35.3 Å². The smallest absolute Gasteiger partial charge is 0.323 e. The molecule has 32 heavy (non-hydrogen) atoms. The summed E-state index contributed by atoms with van der Waals surface area (Å²) < 4.78 is 7.44. The Hall–Kier alpha value is -3.98. The van der Waals surface area contributed by atoms with Gasteiger partial charge in [-0.2, -0.15) is 0 Å². The number of morpholine rings is 1. The second-order valence-electron chi connectivity index (χ2n) is 7.61. The van der Waals surface area contributed by atoms with Crippen molar-refractivity contribution >= 4 is 28.7 Å². The van der Waals surface area contributed by atoms with Crippen molar-refractivity contribution in [2.45, 2.75) is 13.0 Å². The van der Waals surface area contributed by atoms with Crippen molar-refractivity contribution in [3.63, 3.8) is 0 Å². The van der Waals surface area contributed by atoms with Crippen LogP contribution in [0.25, 0.3) is 16.9 Å². The molecule has 0 aliphatic carbocycles. The fourth-order valence-electron chi connectivity index (χ4n) is 3.73. The normalized spacial score (nSPS) is 16.2. The number of benzene rings is 1. The SMILES string of the molecule is C[C@@H]1COCCN1c1nc(-c2ccc(NC(=O)Nc3cccnc3)cc2)nn2cccc12. The molecule has 3 aromatic heterocycles. The van der Waals surface area contributed by atoms with E-state index in [1.165, 1.54) is 0 Å². The Morgan fingerprint density at radius 3 is 2.72 bits per heavy atom. The molecule has 1 fully saturated rings. The molecule has 1 saturated heterocycles. The van der Waals surface area contributed by atoms with E-state index < -0.39 is 0 Å². The Morgan fingerprint density at radius 2 is 1.94 bits per heavy atom. The molecule has 1 atom stereocenters. The number of nitrogens with zero attached hydrogens (tertiary/aromatic N) is 5. The summed E-state index contributed by atoms with van der Waals surface area (Å²) in [4.78, 5) is 23.4. The average Bonchev–Trinajstić information content (AvgIpc) is 3.29. The van der Waals surface area contributed by atoms with Gasteiger partial charge in [0.1, 0.15) is 5.52 Å². The third-order valence-corrected chi connectivity index (χ3v) is 5.33. The summed E-state index contributed by atoms with van der Waals surface area (Å²) in [6.45, 7) is 4.27. The lowest BCUT2D eigenvalue weighted by Gasteiger charge is -2.34. The van der Waals surface area contributed by atoms with Crippen LogP contribution in [0.5, 0.6) is 0 Å². The van der Waals surface area contributed by atoms with E-state index in [9.17, 15) is 4.79 Å². The Labute approximate surface area is 185 Å². The summed E-state index contributed by atoms with van der Waals surface area (Å²) in [5, 5.41) is 10.2. The predicted molar refractivity (Wildman–Crippen MR) is 123 cm³/mol. The number of anilines is 3. The van der Waals surface area contributed by atoms with Gasteiger partial charge < -0.3 is 20.3 Å². The fraction of sp³-hybridized carbons (Fsp3) is 0.217. The van der Waals surface area contributed by atoms with Crippen LogP contribution in [0.1, 0.15) is 6.92 Å². The van der Waals surface area contributed by atoms with Gasteiger partial charge >= 0.3 is 6.03 Å². The minimum absolute atomic E-state index is 0.232. The maximum Gasteiger partial charge on any atom is 0.323 e. The van der Waals surface area contributed by atoms with E-state index in [4.69, 9.17) is 9.72 Å². The van der Waals surface area contributed by atoms with Gasteiger partial charge in [-0.15, -0.1) is 5.10 Å². The maximum atomic E-state index is 12.2. The third-order valence-electron chi connectivity index (χ3n) is 5.33. The first kappa shape index (κ1) is 20.0. The molecule has 1 aromatic carbocycles. The van der Waals surface area contributed by atoms with Gasteiger partial charge in [0.25, 0.3) is 0 Å². The number of hydrogen-bond acceptors (Lipinski definition) is 6. The predicted octanol–water partition coefficient (Wildman–Crippen LogP) is 3.66. The van der Waals surface area contributed by atoms with Crippen LogP contribution < -0.4 is 15.5 Å². The van der Waals surface area contributed by atoms with Crippen molar-refractivity contribution in [3.05, 3.63) is 67.1 Å². The van der Waals surface area contributed by atoms with Gasteiger partial charge in [-0.05, 0) is 55.5 Å². The van der Waals surface area contributed by atoms with Crippen LogP contribution in [-0.2, 0) is 4.74 Å². The zero-order chi connectivity index (χ0) is 21.9. The lowest BCUT2D eigenvalue weighted by molar-refractivity contribution is 0.0986. The van der Waals surface area contributed by atoms with Crippen molar-refractivity contribution in [1.82, 2.24) is 19.6 Å². The minimum atomic E-state index is -0.334. The number of carbonyl (C=O) groups excluding carboxylic acids is 1. The molecule has 5 rings (SSSR count). The molecule has 0 radical (unpaired) electrons. The third kappa shape index (κ3) is 4.10. The molecule has 4 heterocycles. The summed E-state index contributed by atoms with van der Waals surface area (Å²) in [5.41, 5.74) is 3.12. The molecule has 4 aromatic rings. The van der Waals surface area contributed by atoms with Gasteiger partial charge in [-0.1, -0.05) is 0 Å². The molecule has 0 bridgehead atoms. The highest BCUT2D eigenvalue weighted by molar-refractivity contribution is 5.99. The zero-order valence-electron chi connectivity index (χ0n) is 17.6. The van der Waals surface area contributed by atoms with E-state index in [1.54, 1.807) is 24.5 Å². The second kappa shape index (κ2) is 8.64. The van der Waals surface area contributed by atoms with Gasteiger partial charge in [0.2, 0.25) is 0 Å². The number of fused-ring (bicyclic) bond motifs is 1. The average molecular weight is 429 g/mol. The van der Waals surface area contributed by atoms with Gasteiger partial charge in [-0.3, -0.25) is 4.98 Å². The highest BCUT2D eigenvalue weighted by atomic mass is 16.5. The standard InChI is InChI=1S/C23H23N7O2/c1-16-15-32-13-12-29(16)22-20-5-3-11-30(20)28-21(27-22)17-6-8-18(9-7-17)25-23(31)26-19-4-2-10-24-14-19/h2-11,14,16H,12-13,15H2,1H3,(H2,25,26,31)/t16-/m1/s1. The summed E-state index contributed by atoms with van der Waals surface area (Å²) in [5.74, 6) is 1.52. The van der Waals surface area contributed by atoms with Gasteiger partial charge in [0, 0.05) is 30.2 Å². The number of hydrogen-bond donors (Lipinski definition) is 2. The number of rotatable bonds is 4. The van der Waals surface area contributed by atoms with E-state index in [-0.39, 0.29) is 12.1 Å². The molecule has 1 aliphatic rings. The van der Waals surface area contributed by atoms with Crippen molar-refractivity contribution in [1.29, 1.82) is 0 Å². The van der Waals surface area contributed by atoms with Crippen LogP contribution in [0.2, 0.25) is 0 Å². The molecule has 0 saturated carbocycles. The quantitative estimate of drug-likeness (QED) is 0.514. The van der Waals surface area contributed by atoms with Gasteiger partial charge in [0.05, 0.1) is 31.1 Å².